The average molecular weight is 224 g/mol. The lowest BCUT2D eigenvalue weighted by Crippen LogP contribution is -2.48. The van der Waals surface area contributed by atoms with Crippen LogP contribution in [0.4, 0.5) is 0 Å². The van der Waals surface area contributed by atoms with Crippen molar-refractivity contribution >= 4 is 0 Å². The van der Waals surface area contributed by atoms with E-state index in [1.807, 2.05) is 13.8 Å². The fraction of sp³-hybridized carbons (Fsp3) is 0.750. The van der Waals surface area contributed by atoms with E-state index in [2.05, 4.69) is 17.2 Å². The maximum atomic E-state index is 5.54. The SMILES string of the molecule is Cc1nc(CNC2(C)CCCOC2)oc1C. The first-order valence-electron chi connectivity index (χ1n) is 5.85. The minimum absolute atomic E-state index is 0.0640. The molecule has 2 rings (SSSR count). The quantitative estimate of drug-likeness (QED) is 0.852. The molecule has 1 aliphatic heterocycles. The predicted molar refractivity (Wildman–Crippen MR) is 61.3 cm³/mol. The van der Waals surface area contributed by atoms with Crippen molar-refractivity contribution < 1.29 is 9.15 Å². The topological polar surface area (TPSA) is 47.3 Å². The Hall–Kier alpha value is -0.870. The van der Waals surface area contributed by atoms with Crippen molar-refractivity contribution in [3.63, 3.8) is 0 Å². The summed E-state index contributed by atoms with van der Waals surface area (Å²) in [5.74, 6) is 1.67. The van der Waals surface area contributed by atoms with Gasteiger partial charge in [-0.1, -0.05) is 0 Å². The summed E-state index contributed by atoms with van der Waals surface area (Å²) in [7, 11) is 0. The second-order valence-electron chi connectivity index (χ2n) is 4.82. The van der Waals surface area contributed by atoms with Crippen LogP contribution in [0.15, 0.2) is 4.42 Å². The molecule has 4 nitrogen and oxygen atoms in total. The molecule has 1 atom stereocenters. The third-order valence-corrected chi connectivity index (χ3v) is 3.18. The average Bonchev–Trinajstić information content (AvgIpc) is 2.57. The first-order valence-corrected chi connectivity index (χ1v) is 5.85. The van der Waals surface area contributed by atoms with Gasteiger partial charge in [-0.15, -0.1) is 0 Å². The van der Waals surface area contributed by atoms with Crippen LogP contribution in [0.2, 0.25) is 0 Å². The van der Waals surface area contributed by atoms with E-state index in [1.165, 1.54) is 0 Å². The molecule has 0 aliphatic carbocycles. The van der Waals surface area contributed by atoms with Crippen molar-refractivity contribution in [1.82, 2.24) is 10.3 Å². The van der Waals surface area contributed by atoms with Crippen molar-refractivity contribution in [2.45, 2.75) is 45.7 Å². The molecule has 1 N–H and O–H groups in total. The standard InChI is InChI=1S/C12H20N2O2/c1-9-10(2)16-11(14-9)7-13-12(3)5-4-6-15-8-12/h13H,4-8H2,1-3H3. The van der Waals surface area contributed by atoms with Crippen LogP contribution in [-0.2, 0) is 11.3 Å². The Morgan fingerprint density at radius 2 is 2.25 bits per heavy atom. The fourth-order valence-electron chi connectivity index (χ4n) is 1.98. The van der Waals surface area contributed by atoms with E-state index in [4.69, 9.17) is 9.15 Å². The van der Waals surface area contributed by atoms with Gasteiger partial charge in [0.1, 0.15) is 5.76 Å². The molecule has 0 saturated carbocycles. The third-order valence-electron chi connectivity index (χ3n) is 3.18. The van der Waals surface area contributed by atoms with Crippen LogP contribution in [0, 0.1) is 13.8 Å². The van der Waals surface area contributed by atoms with Gasteiger partial charge >= 0.3 is 0 Å². The molecule has 2 heterocycles. The Bertz CT molecular complexity index is 334. The smallest absolute Gasteiger partial charge is 0.208 e. The second kappa shape index (κ2) is 4.55. The van der Waals surface area contributed by atoms with Gasteiger partial charge in [-0.2, -0.15) is 0 Å². The molecule has 1 aromatic rings. The molecule has 4 heteroatoms. The molecular weight excluding hydrogens is 204 g/mol. The largest absolute Gasteiger partial charge is 0.444 e. The van der Waals surface area contributed by atoms with Crippen LogP contribution in [0.25, 0.3) is 0 Å². The molecule has 0 radical (unpaired) electrons. The Balaban J connectivity index is 1.91. The number of hydrogen-bond donors (Lipinski definition) is 1. The zero-order chi connectivity index (χ0) is 11.6. The molecule has 0 bridgehead atoms. The van der Waals surface area contributed by atoms with Crippen LogP contribution in [-0.4, -0.2) is 23.7 Å². The Morgan fingerprint density at radius 1 is 1.44 bits per heavy atom. The van der Waals surface area contributed by atoms with Gasteiger partial charge in [0.15, 0.2) is 0 Å². The highest BCUT2D eigenvalue weighted by molar-refractivity contribution is 5.05. The summed E-state index contributed by atoms with van der Waals surface area (Å²) in [4.78, 5) is 4.36. The van der Waals surface area contributed by atoms with Crippen LogP contribution in [0.5, 0.6) is 0 Å². The van der Waals surface area contributed by atoms with E-state index in [-0.39, 0.29) is 5.54 Å². The number of nitrogens with one attached hydrogen (secondary N) is 1. The number of aryl methyl sites for hydroxylation is 2. The van der Waals surface area contributed by atoms with E-state index >= 15 is 0 Å². The number of oxazole rings is 1. The molecular formula is C12H20N2O2. The molecule has 1 aliphatic rings. The van der Waals surface area contributed by atoms with E-state index in [0.29, 0.717) is 6.54 Å². The van der Waals surface area contributed by atoms with E-state index in [0.717, 1.165) is 43.4 Å². The van der Waals surface area contributed by atoms with Gasteiger partial charge in [-0.05, 0) is 33.6 Å². The number of ether oxygens (including phenoxy) is 1. The molecule has 1 saturated heterocycles. The van der Waals surface area contributed by atoms with Crippen molar-refractivity contribution in [2.24, 2.45) is 0 Å². The zero-order valence-electron chi connectivity index (χ0n) is 10.3. The minimum atomic E-state index is 0.0640. The molecule has 1 aromatic heterocycles. The van der Waals surface area contributed by atoms with Gasteiger partial charge in [0, 0.05) is 12.1 Å². The molecule has 0 amide bonds. The van der Waals surface area contributed by atoms with Crippen molar-refractivity contribution in [3.05, 3.63) is 17.3 Å². The molecule has 16 heavy (non-hydrogen) atoms. The van der Waals surface area contributed by atoms with Crippen molar-refractivity contribution in [1.29, 1.82) is 0 Å². The lowest BCUT2D eigenvalue weighted by atomic mass is 9.95. The summed E-state index contributed by atoms with van der Waals surface area (Å²) >= 11 is 0. The number of nitrogens with zero attached hydrogens (tertiary/aromatic N) is 1. The van der Waals surface area contributed by atoms with Gasteiger partial charge in [-0.3, -0.25) is 0 Å². The van der Waals surface area contributed by atoms with Gasteiger partial charge in [-0.25, -0.2) is 4.98 Å². The Morgan fingerprint density at radius 3 is 2.81 bits per heavy atom. The first kappa shape index (κ1) is 11.6. The number of rotatable bonds is 3. The van der Waals surface area contributed by atoms with Crippen LogP contribution >= 0.6 is 0 Å². The molecule has 1 fully saturated rings. The van der Waals surface area contributed by atoms with Crippen LogP contribution < -0.4 is 5.32 Å². The third kappa shape index (κ3) is 2.62. The number of aromatic nitrogens is 1. The lowest BCUT2D eigenvalue weighted by Gasteiger charge is -2.34. The summed E-state index contributed by atoms with van der Waals surface area (Å²) in [6.45, 7) is 8.43. The van der Waals surface area contributed by atoms with Gasteiger partial charge < -0.3 is 14.5 Å². The Kier molecular flexibility index (Phi) is 3.30. The summed E-state index contributed by atoms with van der Waals surface area (Å²) in [5.41, 5.74) is 1.04. The lowest BCUT2D eigenvalue weighted by molar-refractivity contribution is 0.0268. The van der Waals surface area contributed by atoms with E-state index < -0.39 is 0 Å². The van der Waals surface area contributed by atoms with Crippen LogP contribution in [0.3, 0.4) is 0 Å². The predicted octanol–water partition coefficient (Wildman–Crippen LogP) is 1.95. The maximum absolute atomic E-state index is 5.54. The molecule has 0 aromatic carbocycles. The minimum Gasteiger partial charge on any atom is -0.444 e. The monoisotopic (exact) mass is 224 g/mol. The van der Waals surface area contributed by atoms with Gasteiger partial charge in [0.05, 0.1) is 18.8 Å². The zero-order valence-corrected chi connectivity index (χ0v) is 10.3. The summed E-state index contributed by atoms with van der Waals surface area (Å²) < 4.78 is 11.0. The highest BCUT2D eigenvalue weighted by atomic mass is 16.5. The van der Waals surface area contributed by atoms with Crippen molar-refractivity contribution in [3.8, 4) is 0 Å². The van der Waals surface area contributed by atoms with E-state index in [1.54, 1.807) is 0 Å². The van der Waals surface area contributed by atoms with E-state index in [9.17, 15) is 0 Å². The summed E-state index contributed by atoms with van der Waals surface area (Å²) in [6, 6.07) is 0. The highest BCUT2D eigenvalue weighted by Gasteiger charge is 2.27. The summed E-state index contributed by atoms with van der Waals surface area (Å²) in [6.07, 6.45) is 2.26. The summed E-state index contributed by atoms with van der Waals surface area (Å²) in [5, 5.41) is 3.47. The first-order chi connectivity index (χ1) is 7.59. The number of hydrogen-bond acceptors (Lipinski definition) is 4. The van der Waals surface area contributed by atoms with Gasteiger partial charge in [0.2, 0.25) is 5.89 Å². The second-order valence-corrected chi connectivity index (χ2v) is 4.82. The fourth-order valence-corrected chi connectivity index (χ4v) is 1.98. The highest BCUT2D eigenvalue weighted by Crippen LogP contribution is 2.19. The van der Waals surface area contributed by atoms with Crippen molar-refractivity contribution in [2.75, 3.05) is 13.2 Å². The van der Waals surface area contributed by atoms with Crippen LogP contribution in [0.1, 0.15) is 37.1 Å². The molecule has 90 valence electrons. The molecule has 0 spiro atoms. The van der Waals surface area contributed by atoms with Gasteiger partial charge in [0.25, 0.3) is 0 Å². The normalized spacial score (nSPS) is 25.9. The Labute approximate surface area is 96.4 Å². The molecule has 1 unspecified atom stereocenters. The maximum Gasteiger partial charge on any atom is 0.208 e.